The molecule has 0 saturated carbocycles. The van der Waals surface area contributed by atoms with Crippen LogP contribution in [-0.4, -0.2) is 94.8 Å². The van der Waals surface area contributed by atoms with Crippen molar-refractivity contribution in [1.82, 2.24) is 14.7 Å². The van der Waals surface area contributed by atoms with Gasteiger partial charge in [-0.3, -0.25) is 0 Å². The number of hydrogen-bond acceptors (Lipinski definition) is 5. The van der Waals surface area contributed by atoms with Crippen LogP contribution in [0.25, 0.3) is 0 Å². The van der Waals surface area contributed by atoms with E-state index in [-0.39, 0.29) is 0 Å². The van der Waals surface area contributed by atoms with Crippen LogP contribution < -0.4 is 0 Å². The number of ether oxygens (including phenoxy) is 1. The predicted octanol–water partition coefficient (Wildman–Crippen LogP) is -0.443. The van der Waals surface area contributed by atoms with Crippen molar-refractivity contribution in [3.63, 3.8) is 0 Å². The van der Waals surface area contributed by atoms with Crippen molar-refractivity contribution < 1.29 is 4.74 Å². The molecule has 3 aliphatic heterocycles. The number of rotatable bonds is 3. The van der Waals surface area contributed by atoms with Crippen LogP contribution in [0.1, 0.15) is 12.8 Å². The second-order valence-electron chi connectivity index (χ2n) is 5.87. The molecule has 0 amide bonds. The molecule has 2 fully saturated rings. The van der Waals surface area contributed by atoms with E-state index >= 15 is 0 Å². The van der Waals surface area contributed by atoms with Gasteiger partial charge in [-0.05, 0) is 0 Å². The van der Waals surface area contributed by atoms with E-state index in [1.165, 1.54) is 17.5 Å². The van der Waals surface area contributed by atoms with Crippen molar-refractivity contribution >= 4 is 21.5 Å². The third-order valence-corrected chi connectivity index (χ3v) is 5.42. The molecule has 3 rings (SSSR count). The Labute approximate surface area is 130 Å². The zero-order valence-electron chi connectivity index (χ0n) is 12.2. The van der Waals surface area contributed by atoms with E-state index in [9.17, 15) is 0 Å². The summed E-state index contributed by atoms with van der Waals surface area (Å²) in [6.45, 7) is 6.48. The number of amidine groups is 1. The minimum absolute atomic E-state index is 0.368. The molecule has 3 aliphatic rings. The van der Waals surface area contributed by atoms with E-state index < -0.39 is 0 Å². The quantitative estimate of drug-likeness (QED) is 0.652. The maximum atomic E-state index is 5.82. The Morgan fingerprint density at radius 3 is 2.85 bits per heavy atom. The topological polar surface area (TPSA) is 31.3 Å². The molecule has 20 heavy (non-hydrogen) atoms. The normalized spacial score (nSPS) is 32.7. The molecule has 3 heterocycles. The van der Waals surface area contributed by atoms with Crippen molar-refractivity contribution in [2.45, 2.75) is 25.1 Å². The summed E-state index contributed by atoms with van der Waals surface area (Å²) in [5.41, 5.74) is 0. The van der Waals surface area contributed by atoms with E-state index in [0.717, 1.165) is 39.3 Å². The fourth-order valence-electron chi connectivity index (χ4n) is 3.12. The van der Waals surface area contributed by atoms with Gasteiger partial charge in [-0.2, -0.15) is 0 Å². The number of aliphatic imine (C=N–C) groups is 1. The number of nitrogens with zero attached hydrogens (tertiary/aromatic N) is 4. The molecule has 0 spiro atoms. The summed E-state index contributed by atoms with van der Waals surface area (Å²) < 4.78 is 7.00. The van der Waals surface area contributed by atoms with Crippen LogP contribution in [0.15, 0.2) is 17.3 Å². The van der Waals surface area contributed by atoms with Gasteiger partial charge >= 0.3 is 130 Å². The molecule has 0 aliphatic carbocycles. The van der Waals surface area contributed by atoms with Gasteiger partial charge in [-0.15, -0.1) is 0 Å². The van der Waals surface area contributed by atoms with Crippen LogP contribution in [-0.2, 0) is 4.74 Å². The first-order valence-corrected chi connectivity index (χ1v) is 8.76. The van der Waals surface area contributed by atoms with Crippen molar-refractivity contribution in [2.75, 3.05) is 46.4 Å². The molecule has 0 aromatic carbocycles. The van der Waals surface area contributed by atoms with E-state index in [1.807, 2.05) is 6.20 Å². The average Bonchev–Trinajstić information content (AvgIpc) is 2.95. The van der Waals surface area contributed by atoms with E-state index in [1.54, 1.807) is 16.9 Å². The monoisotopic (exact) mass is 340 g/mol. The van der Waals surface area contributed by atoms with E-state index in [0.29, 0.717) is 12.3 Å². The van der Waals surface area contributed by atoms with Gasteiger partial charge in [0.05, 0.1) is 0 Å². The molecule has 0 bridgehead atoms. The SMILES string of the molecule is CN1CCN(C2C=CN=C([AsH2])N2CC2CCCO2)CC1. The summed E-state index contributed by atoms with van der Waals surface area (Å²) in [6, 6.07) is 0. The molecule has 2 saturated heterocycles. The zero-order valence-corrected chi connectivity index (χ0v) is 14.7. The molecule has 3 atom stereocenters. The summed E-state index contributed by atoms with van der Waals surface area (Å²) in [4.78, 5) is 11.9. The van der Waals surface area contributed by atoms with Gasteiger partial charge in [0.1, 0.15) is 0 Å². The minimum atomic E-state index is 0.368. The van der Waals surface area contributed by atoms with Gasteiger partial charge in [0, 0.05) is 0 Å². The molecule has 0 radical (unpaired) electrons. The van der Waals surface area contributed by atoms with Crippen molar-refractivity contribution in [2.24, 2.45) is 4.99 Å². The van der Waals surface area contributed by atoms with Gasteiger partial charge in [0.15, 0.2) is 0 Å². The molecule has 0 aromatic rings. The first kappa shape index (κ1) is 14.6. The molecule has 112 valence electrons. The summed E-state index contributed by atoms with van der Waals surface area (Å²) in [7, 11) is 2.20. The Balaban J connectivity index is 1.67. The average molecular weight is 340 g/mol. The number of piperazine rings is 1. The molecule has 0 aromatic heterocycles. The Morgan fingerprint density at radius 1 is 1.35 bits per heavy atom. The molecular weight excluding hydrogens is 315 g/mol. The van der Waals surface area contributed by atoms with Gasteiger partial charge in [0.2, 0.25) is 0 Å². The molecule has 0 N–H and O–H groups in total. The summed E-state index contributed by atoms with van der Waals surface area (Å²) >= 11 is 1.61. The Hall–Kier alpha value is -0.352. The maximum absolute atomic E-state index is 5.82. The van der Waals surface area contributed by atoms with Gasteiger partial charge in [-0.25, -0.2) is 0 Å². The molecular formula is C14H25AsN4O. The van der Waals surface area contributed by atoms with E-state index in [4.69, 9.17) is 4.74 Å². The Morgan fingerprint density at radius 2 is 2.15 bits per heavy atom. The van der Waals surface area contributed by atoms with E-state index in [2.05, 4.69) is 32.8 Å². The second-order valence-corrected chi connectivity index (χ2v) is 6.95. The van der Waals surface area contributed by atoms with Crippen LogP contribution in [0.2, 0.25) is 0 Å². The molecule has 3 unspecified atom stereocenters. The fourth-order valence-corrected chi connectivity index (χ4v) is 3.85. The molecule has 5 nitrogen and oxygen atoms in total. The van der Waals surface area contributed by atoms with Crippen LogP contribution in [0, 0.1) is 0 Å². The van der Waals surface area contributed by atoms with Gasteiger partial charge in [0.25, 0.3) is 0 Å². The zero-order chi connectivity index (χ0) is 13.9. The predicted molar refractivity (Wildman–Crippen MR) is 83.7 cm³/mol. The van der Waals surface area contributed by atoms with Crippen LogP contribution in [0.4, 0.5) is 0 Å². The Bertz CT molecular complexity index is 387. The van der Waals surface area contributed by atoms with Crippen molar-refractivity contribution in [1.29, 1.82) is 0 Å². The van der Waals surface area contributed by atoms with Crippen molar-refractivity contribution in [3.05, 3.63) is 12.3 Å². The summed E-state index contributed by atoms with van der Waals surface area (Å²) in [6.07, 6.45) is 7.37. The standard InChI is InChI=1S/C14H25AsN4O/c1-17-6-8-18(9-7-17)13-4-5-16-14(15)19(13)11-12-3-2-10-20-12/h4-5,12-13H,2-3,6-11,15H2,1H3. The van der Waals surface area contributed by atoms with Gasteiger partial charge in [-0.1, -0.05) is 0 Å². The Kier molecular flexibility index (Phi) is 4.82. The summed E-state index contributed by atoms with van der Waals surface area (Å²) in [5, 5.41) is 0. The third-order valence-electron chi connectivity index (χ3n) is 4.41. The summed E-state index contributed by atoms with van der Waals surface area (Å²) in [5.74, 6) is 0. The van der Waals surface area contributed by atoms with Crippen LogP contribution >= 0.6 is 0 Å². The van der Waals surface area contributed by atoms with Crippen LogP contribution in [0.5, 0.6) is 0 Å². The number of likely N-dealkylation sites (N-methyl/N-ethyl adjacent to an activating group) is 1. The first-order chi connectivity index (χ1) is 9.74. The second kappa shape index (κ2) is 6.61. The molecule has 6 heteroatoms. The van der Waals surface area contributed by atoms with Crippen LogP contribution in [0.3, 0.4) is 0 Å². The van der Waals surface area contributed by atoms with Crippen molar-refractivity contribution in [3.8, 4) is 0 Å². The van der Waals surface area contributed by atoms with Gasteiger partial charge < -0.3 is 0 Å². The fraction of sp³-hybridized carbons (Fsp3) is 0.786. The third kappa shape index (κ3) is 3.27. The number of hydrogen-bond donors (Lipinski definition) is 0. The first-order valence-electron chi connectivity index (χ1n) is 7.55.